The van der Waals surface area contributed by atoms with E-state index >= 15 is 0 Å². The van der Waals surface area contributed by atoms with Crippen LogP contribution in [0.3, 0.4) is 0 Å². The first-order valence-electron chi connectivity index (χ1n) is 7.82. The first kappa shape index (κ1) is 16.6. The van der Waals surface area contributed by atoms with E-state index in [-0.39, 0.29) is 12.6 Å². The Hall–Kier alpha value is -1.75. The van der Waals surface area contributed by atoms with Crippen LogP contribution >= 0.6 is 0 Å². The van der Waals surface area contributed by atoms with Crippen molar-refractivity contribution in [2.24, 2.45) is 5.92 Å². The van der Waals surface area contributed by atoms with Gasteiger partial charge in [-0.15, -0.1) is 0 Å². The van der Waals surface area contributed by atoms with Gasteiger partial charge in [0.15, 0.2) is 18.1 Å². The maximum Gasteiger partial charge on any atom is 0.344 e. The Morgan fingerprint density at radius 2 is 1.86 bits per heavy atom. The number of hydrogen-bond acceptors (Lipinski definition) is 4. The highest BCUT2D eigenvalue weighted by atomic mass is 16.6. The average Bonchev–Trinajstić information content (AvgIpc) is 2.53. The number of hydrogen-bond donors (Lipinski definition) is 1. The van der Waals surface area contributed by atoms with Crippen molar-refractivity contribution >= 4 is 5.97 Å². The molecule has 0 aliphatic carbocycles. The quantitative estimate of drug-likeness (QED) is 0.806. The molecule has 1 aromatic rings. The highest BCUT2D eigenvalue weighted by Gasteiger charge is 2.35. The van der Waals surface area contributed by atoms with Crippen molar-refractivity contribution in [1.82, 2.24) is 0 Å². The molecule has 122 valence electrons. The van der Waals surface area contributed by atoms with Crippen LogP contribution in [0.2, 0.25) is 0 Å². The zero-order valence-electron chi connectivity index (χ0n) is 13.6. The summed E-state index contributed by atoms with van der Waals surface area (Å²) in [6.45, 7) is 6.07. The second-order valence-electron chi connectivity index (χ2n) is 6.16. The molecule has 1 aromatic carbocycles. The van der Waals surface area contributed by atoms with Gasteiger partial charge in [-0.2, -0.15) is 0 Å². The van der Waals surface area contributed by atoms with E-state index < -0.39 is 5.60 Å². The van der Waals surface area contributed by atoms with E-state index in [4.69, 9.17) is 14.2 Å². The maximum atomic E-state index is 12.1. The van der Waals surface area contributed by atoms with Crippen molar-refractivity contribution in [2.75, 3.05) is 26.8 Å². The summed E-state index contributed by atoms with van der Waals surface area (Å²) in [5.74, 6) is 1.22. The minimum absolute atomic E-state index is 0.108. The SMILES string of the molecule is COc1ccccc1OCC(=O)OC(C)(C)C1CC[NH2+]CC1. The van der Waals surface area contributed by atoms with Gasteiger partial charge in [-0.1, -0.05) is 12.1 Å². The summed E-state index contributed by atoms with van der Waals surface area (Å²) in [6.07, 6.45) is 2.15. The predicted molar refractivity (Wildman–Crippen MR) is 83.0 cm³/mol. The number of rotatable bonds is 6. The molecule has 5 nitrogen and oxygen atoms in total. The molecule has 22 heavy (non-hydrogen) atoms. The van der Waals surface area contributed by atoms with E-state index in [1.807, 2.05) is 26.0 Å². The van der Waals surface area contributed by atoms with Crippen LogP contribution in [-0.2, 0) is 9.53 Å². The zero-order chi connectivity index (χ0) is 16.0. The van der Waals surface area contributed by atoms with Crippen molar-refractivity contribution in [3.05, 3.63) is 24.3 Å². The largest absolute Gasteiger partial charge is 0.493 e. The minimum Gasteiger partial charge on any atom is -0.493 e. The summed E-state index contributed by atoms with van der Waals surface area (Å²) in [5, 5.41) is 2.30. The van der Waals surface area contributed by atoms with Crippen molar-refractivity contribution in [1.29, 1.82) is 0 Å². The van der Waals surface area contributed by atoms with Crippen molar-refractivity contribution in [3.8, 4) is 11.5 Å². The summed E-state index contributed by atoms with van der Waals surface area (Å²) in [4.78, 5) is 12.1. The number of ether oxygens (including phenoxy) is 3. The van der Waals surface area contributed by atoms with Gasteiger partial charge in [0, 0.05) is 18.8 Å². The number of carbonyl (C=O) groups is 1. The number of quaternary nitrogens is 1. The van der Waals surface area contributed by atoms with Gasteiger partial charge >= 0.3 is 5.97 Å². The smallest absolute Gasteiger partial charge is 0.344 e. The lowest BCUT2D eigenvalue weighted by molar-refractivity contribution is -0.665. The molecule has 0 spiro atoms. The Morgan fingerprint density at radius 3 is 2.50 bits per heavy atom. The fourth-order valence-corrected chi connectivity index (χ4v) is 2.90. The van der Waals surface area contributed by atoms with E-state index in [1.54, 1.807) is 19.2 Å². The lowest BCUT2D eigenvalue weighted by Gasteiger charge is -2.35. The molecule has 5 heteroatoms. The Kier molecular flexibility index (Phi) is 5.66. The minimum atomic E-state index is -0.449. The molecule has 1 fully saturated rings. The third-order valence-corrected chi connectivity index (χ3v) is 4.21. The van der Waals surface area contributed by atoms with Gasteiger partial charge in [0.2, 0.25) is 0 Å². The number of carbonyl (C=O) groups excluding carboxylic acids is 1. The van der Waals surface area contributed by atoms with Crippen LogP contribution in [0.4, 0.5) is 0 Å². The van der Waals surface area contributed by atoms with Crippen LogP contribution < -0.4 is 14.8 Å². The summed E-state index contributed by atoms with van der Waals surface area (Å²) in [6, 6.07) is 7.26. The third kappa shape index (κ3) is 4.37. The third-order valence-electron chi connectivity index (χ3n) is 4.21. The van der Waals surface area contributed by atoms with E-state index in [0.717, 1.165) is 25.9 Å². The highest BCUT2D eigenvalue weighted by Crippen LogP contribution is 2.29. The first-order valence-corrected chi connectivity index (χ1v) is 7.82. The maximum absolute atomic E-state index is 12.1. The zero-order valence-corrected chi connectivity index (χ0v) is 13.6. The summed E-state index contributed by atoms with van der Waals surface area (Å²) in [5.41, 5.74) is -0.449. The van der Waals surface area contributed by atoms with Crippen LogP contribution in [-0.4, -0.2) is 38.4 Å². The van der Waals surface area contributed by atoms with Crippen LogP contribution in [0.1, 0.15) is 26.7 Å². The number of piperidine rings is 1. The van der Waals surface area contributed by atoms with Crippen LogP contribution in [0, 0.1) is 5.92 Å². The van der Waals surface area contributed by atoms with Crippen molar-refractivity contribution in [2.45, 2.75) is 32.3 Å². The molecule has 0 bridgehead atoms. The lowest BCUT2D eigenvalue weighted by atomic mass is 9.83. The summed E-state index contributed by atoms with van der Waals surface area (Å²) >= 11 is 0. The second kappa shape index (κ2) is 7.49. The molecule has 1 heterocycles. The Balaban J connectivity index is 1.86. The van der Waals surface area contributed by atoms with E-state index in [9.17, 15) is 4.79 Å². The molecule has 0 radical (unpaired) electrons. The van der Waals surface area contributed by atoms with Gasteiger partial charge in [0.05, 0.1) is 20.2 Å². The standard InChI is InChI=1S/C17H25NO4/c1-17(2,13-8-10-18-11-9-13)22-16(19)12-21-15-7-5-4-6-14(15)20-3/h4-7,13,18H,8-12H2,1-3H3/p+1. The van der Waals surface area contributed by atoms with Gasteiger partial charge in [-0.05, 0) is 26.0 Å². The fraction of sp³-hybridized carbons (Fsp3) is 0.588. The van der Waals surface area contributed by atoms with Gasteiger partial charge in [-0.25, -0.2) is 4.79 Å². The van der Waals surface area contributed by atoms with Gasteiger partial charge in [0.25, 0.3) is 0 Å². The predicted octanol–water partition coefficient (Wildman–Crippen LogP) is 1.37. The normalized spacial score (nSPS) is 16.1. The van der Waals surface area contributed by atoms with Crippen molar-refractivity contribution < 1.29 is 24.3 Å². The van der Waals surface area contributed by atoms with Gasteiger partial charge < -0.3 is 19.5 Å². The lowest BCUT2D eigenvalue weighted by Crippen LogP contribution is -2.86. The van der Waals surface area contributed by atoms with Crippen LogP contribution in [0.5, 0.6) is 11.5 Å². The van der Waals surface area contributed by atoms with Crippen LogP contribution in [0.25, 0.3) is 0 Å². The number of nitrogens with two attached hydrogens (primary N) is 1. The molecular formula is C17H26NO4+. The number of benzene rings is 1. The molecule has 0 amide bonds. The van der Waals surface area contributed by atoms with Crippen molar-refractivity contribution in [3.63, 3.8) is 0 Å². The van der Waals surface area contributed by atoms with E-state index in [0.29, 0.717) is 17.4 Å². The molecule has 1 saturated heterocycles. The monoisotopic (exact) mass is 308 g/mol. The summed E-state index contributed by atoms with van der Waals surface area (Å²) in [7, 11) is 1.57. The van der Waals surface area contributed by atoms with E-state index in [1.165, 1.54) is 0 Å². The molecule has 0 saturated carbocycles. The number of methoxy groups -OCH3 is 1. The Bertz CT molecular complexity index is 495. The fourth-order valence-electron chi connectivity index (χ4n) is 2.90. The second-order valence-corrected chi connectivity index (χ2v) is 6.16. The number of para-hydroxylation sites is 2. The first-order chi connectivity index (χ1) is 10.5. The Labute approximate surface area is 131 Å². The Morgan fingerprint density at radius 1 is 1.23 bits per heavy atom. The van der Waals surface area contributed by atoms with E-state index in [2.05, 4.69) is 5.32 Å². The number of esters is 1. The molecular weight excluding hydrogens is 282 g/mol. The van der Waals surface area contributed by atoms with Gasteiger partial charge in [0.1, 0.15) is 5.60 Å². The average molecular weight is 308 g/mol. The molecule has 0 atom stereocenters. The topological polar surface area (TPSA) is 61.4 Å². The van der Waals surface area contributed by atoms with Crippen LogP contribution in [0.15, 0.2) is 24.3 Å². The molecule has 2 N–H and O–H groups in total. The molecule has 2 rings (SSSR count). The summed E-state index contributed by atoms with van der Waals surface area (Å²) < 4.78 is 16.4. The molecule has 1 aliphatic heterocycles. The molecule has 0 unspecified atom stereocenters. The van der Waals surface area contributed by atoms with Gasteiger partial charge in [-0.3, -0.25) is 0 Å². The molecule has 0 aromatic heterocycles. The highest BCUT2D eigenvalue weighted by molar-refractivity contribution is 5.71. The molecule has 1 aliphatic rings.